The van der Waals surface area contributed by atoms with Crippen molar-refractivity contribution >= 4 is 0 Å². The summed E-state index contributed by atoms with van der Waals surface area (Å²) in [5, 5.41) is 8.16. The van der Waals surface area contributed by atoms with Crippen LogP contribution >= 0.6 is 0 Å². The summed E-state index contributed by atoms with van der Waals surface area (Å²) in [5.74, 6) is -3.98. The molecule has 1 nitrogen and oxygen atoms in total. The largest absolute Gasteiger partial charge is 1.00 e. The Balaban J connectivity index is 0. The van der Waals surface area contributed by atoms with Gasteiger partial charge < -0.3 is 13.9 Å². The average molecular weight is 196 g/mol. The second-order valence-electron chi connectivity index (χ2n) is 2.15. The zero-order chi connectivity index (χ0) is 8.91. The van der Waals surface area contributed by atoms with Crippen molar-refractivity contribution in [2.75, 3.05) is 6.61 Å². The number of rotatable bonds is 5. The maximum absolute atomic E-state index is 12.0. The van der Waals surface area contributed by atoms with Crippen LogP contribution < -0.4 is 29.6 Å². The SMILES string of the molecule is OCCCCC(F)(F)[C-](F)F.[Na+]. The first-order valence-corrected chi connectivity index (χ1v) is 3.18. The van der Waals surface area contributed by atoms with E-state index in [9.17, 15) is 17.6 Å². The Morgan fingerprint density at radius 2 is 1.67 bits per heavy atom. The molecule has 0 radical (unpaired) electrons. The standard InChI is InChI=1S/C6H9F4O.Na/c7-5(8)6(9,10)3-1-2-4-11;/h11H,1-4H2;/q-1;+1. The summed E-state index contributed by atoms with van der Waals surface area (Å²) < 4.78 is 46.7. The smallest absolute Gasteiger partial charge is 0.415 e. The molecule has 68 valence electrons. The van der Waals surface area contributed by atoms with Gasteiger partial charge in [-0.3, -0.25) is 0 Å². The van der Waals surface area contributed by atoms with Gasteiger partial charge in [-0.15, -0.1) is 0 Å². The van der Waals surface area contributed by atoms with Gasteiger partial charge in [-0.2, -0.15) is 0 Å². The molecular weight excluding hydrogens is 187 g/mol. The van der Waals surface area contributed by atoms with Crippen molar-refractivity contribution in [3.8, 4) is 0 Å². The summed E-state index contributed by atoms with van der Waals surface area (Å²) in [5.41, 5.74) is 0. The van der Waals surface area contributed by atoms with Crippen LogP contribution in [0.2, 0.25) is 0 Å². The number of alkyl halides is 2. The van der Waals surface area contributed by atoms with E-state index in [2.05, 4.69) is 0 Å². The number of aliphatic hydroxyl groups is 1. The molecule has 0 aliphatic heterocycles. The number of unbranched alkanes of at least 4 members (excludes halogenated alkanes) is 1. The van der Waals surface area contributed by atoms with Crippen LogP contribution in [-0.2, 0) is 0 Å². The molecule has 0 saturated heterocycles. The molecule has 0 bridgehead atoms. The summed E-state index contributed by atoms with van der Waals surface area (Å²) in [6.07, 6.45) is -3.71. The first kappa shape index (κ1) is 15.2. The normalized spacial score (nSPS) is 11.5. The third-order valence-corrected chi connectivity index (χ3v) is 1.18. The monoisotopic (exact) mass is 196 g/mol. The van der Waals surface area contributed by atoms with Crippen molar-refractivity contribution in [3.05, 3.63) is 6.43 Å². The Morgan fingerprint density at radius 1 is 1.17 bits per heavy atom. The Morgan fingerprint density at radius 3 is 2.00 bits per heavy atom. The van der Waals surface area contributed by atoms with Gasteiger partial charge in [-0.1, -0.05) is 0 Å². The molecule has 1 N–H and O–H groups in total. The van der Waals surface area contributed by atoms with Gasteiger partial charge in [0.2, 0.25) is 0 Å². The van der Waals surface area contributed by atoms with Crippen molar-refractivity contribution in [1.29, 1.82) is 0 Å². The number of hydrogen-bond acceptors (Lipinski definition) is 1. The van der Waals surface area contributed by atoms with E-state index >= 15 is 0 Å². The summed E-state index contributed by atoms with van der Waals surface area (Å²) in [4.78, 5) is 0. The van der Waals surface area contributed by atoms with Gasteiger partial charge >= 0.3 is 29.6 Å². The van der Waals surface area contributed by atoms with E-state index in [0.717, 1.165) is 0 Å². The third-order valence-electron chi connectivity index (χ3n) is 1.18. The van der Waals surface area contributed by atoms with Crippen LogP contribution in [0.15, 0.2) is 0 Å². The molecule has 0 aliphatic carbocycles. The predicted octanol–water partition coefficient (Wildman–Crippen LogP) is -0.783. The minimum Gasteiger partial charge on any atom is -0.415 e. The summed E-state index contributed by atoms with van der Waals surface area (Å²) in [7, 11) is 0. The molecule has 0 aliphatic rings. The molecule has 0 spiro atoms. The fourth-order valence-corrected chi connectivity index (χ4v) is 0.553. The van der Waals surface area contributed by atoms with Crippen LogP contribution in [0.5, 0.6) is 0 Å². The molecule has 0 aromatic carbocycles. The topological polar surface area (TPSA) is 20.2 Å². The van der Waals surface area contributed by atoms with Crippen molar-refractivity contribution in [2.45, 2.75) is 25.2 Å². The third kappa shape index (κ3) is 6.22. The molecule has 6 heteroatoms. The number of aliphatic hydroxyl groups excluding tert-OH is 1. The van der Waals surface area contributed by atoms with Crippen molar-refractivity contribution in [3.63, 3.8) is 0 Å². The van der Waals surface area contributed by atoms with Crippen LogP contribution in [0.25, 0.3) is 0 Å². The second kappa shape index (κ2) is 7.12. The zero-order valence-electron chi connectivity index (χ0n) is 6.79. The predicted molar refractivity (Wildman–Crippen MR) is 31.3 cm³/mol. The summed E-state index contributed by atoms with van der Waals surface area (Å²) in [6.45, 7) is -0.246. The molecule has 0 atom stereocenters. The molecule has 12 heavy (non-hydrogen) atoms. The molecular formula is C6H9F4NaO. The molecule has 0 fully saturated rings. The van der Waals surface area contributed by atoms with Crippen molar-refractivity contribution in [1.82, 2.24) is 0 Å². The van der Waals surface area contributed by atoms with Gasteiger partial charge in [0.15, 0.2) is 5.92 Å². The summed E-state index contributed by atoms with van der Waals surface area (Å²) in [6, 6.07) is 0. The van der Waals surface area contributed by atoms with Crippen molar-refractivity contribution in [2.24, 2.45) is 0 Å². The van der Waals surface area contributed by atoms with E-state index in [4.69, 9.17) is 5.11 Å². The minimum atomic E-state index is -3.98. The van der Waals surface area contributed by atoms with Crippen molar-refractivity contribution < 1.29 is 52.2 Å². The Kier molecular flexibility index (Phi) is 9.00. The molecule has 0 amide bonds. The van der Waals surface area contributed by atoms with E-state index in [-0.39, 0.29) is 49.0 Å². The molecule has 0 rings (SSSR count). The number of halogens is 4. The van der Waals surface area contributed by atoms with Crippen LogP contribution in [0.4, 0.5) is 17.6 Å². The fraction of sp³-hybridized carbons (Fsp3) is 0.833. The molecule has 0 saturated carbocycles. The first-order chi connectivity index (χ1) is 5.00. The maximum Gasteiger partial charge on any atom is 1.00 e. The van der Waals surface area contributed by atoms with E-state index < -0.39 is 18.8 Å². The Bertz CT molecular complexity index is 110. The van der Waals surface area contributed by atoms with Gasteiger partial charge in [0, 0.05) is 6.61 Å². The van der Waals surface area contributed by atoms with Gasteiger partial charge in [0.25, 0.3) is 0 Å². The van der Waals surface area contributed by atoms with E-state index in [1.165, 1.54) is 0 Å². The van der Waals surface area contributed by atoms with E-state index in [0.29, 0.717) is 0 Å². The van der Waals surface area contributed by atoms with Gasteiger partial charge in [0.1, 0.15) is 0 Å². The molecule has 0 aromatic heterocycles. The van der Waals surface area contributed by atoms with Gasteiger partial charge in [0.05, 0.1) is 6.43 Å². The number of hydrogen-bond donors (Lipinski definition) is 1. The van der Waals surface area contributed by atoms with E-state index in [1.807, 2.05) is 0 Å². The van der Waals surface area contributed by atoms with Gasteiger partial charge in [-0.05, 0) is 19.3 Å². The fourth-order valence-electron chi connectivity index (χ4n) is 0.553. The van der Waals surface area contributed by atoms with Crippen LogP contribution in [0.3, 0.4) is 0 Å². The molecule has 0 unspecified atom stereocenters. The zero-order valence-corrected chi connectivity index (χ0v) is 8.79. The molecule has 0 heterocycles. The van der Waals surface area contributed by atoms with E-state index in [1.54, 1.807) is 0 Å². The minimum absolute atomic E-state index is 0. The second-order valence-corrected chi connectivity index (χ2v) is 2.15. The average Bonchev–Trinajstić information content (AvgIpc) is 1.88. The van der Waals surface area contributed by atoms with Gasteiger partial charge in [-0.25, -0.2) is 8.78 Å². The first-order valence-electron chi connectivity index (χ1n) is 3.18. The molecule has 0 aromatic rings. The maximum atomic E-state index is 12.0. The van der Waals surface area contributed by atoms with Crippen LogP contribution in [-0.4, -0.2) is 17.6 Å². The Labute approximate surface area is 90.4 Å². The Hall–Kier alpha value is 0.680. The van der Waals surface area contributed by atoms with Crippen LogP contribution in [0.1, 0.15) is 19.3 Å². The van der Waals surface area contributed by atoms with Crippen LogP contribution in [0, 0.1) is 6.43 Å². The summed E-state index contributed by atoms with van der Waals surface area (Å²) >= 11 is 0. The quantitative estimate of drug-likeness (QED) is 0.264.